The lowest BCUT2D eigenvalue weighted by Crippen LogP contribution is -2.02. The summed E-state index contributed by atoms with van der Waals surface area (Å²) >= 11 is 0. The van der Waals surface area contributed by atoms with Gasteiger partial charge in [0.1, 0.15) is 0 Å². The minimum atomic E-state index is -2.56. The predicted octanol–water partition coefficient (Wildman–Crippen LogP) is 2.03. The summed E-state index contributed by atoms with van der Waals surface area (Å²) in [6.45, 7) is 1.92. The first kappa shape index (κ1) is 10.5. The van der Waals surface area contributed by atoms with Gasteiger partial charge in [-0.05, 0) is 5.56 Å². The molecule has 0 aromatic heterocycles. The SMILES string of the molecule is CP(=O)(CN)OCc1ccccc1. The van der Waals surface area contributed by atoms with Crippen LogP contribution in [0.3, 0.4) is 0 Å². The molecule has 1 atom stereocenters. The molecular formula is C9H14NO2P. The molecule has 0 saturated heterocycles. The molecule has 1 aromatic rings. The van der Waals surface area contributed by atoms with Crippen LogP contribution in [-0.2, 0) is 15.7 Å². The third kappa shape index (κ3) is 3.73. The van der Waals surface area contributed by atoms with Crippen molar-refractivity contribution in [1.82, 2.24) is 0 Å². The number of rotatable bonds is 4. The van der Waals surface area contributed by atoms with Gasteiger partial charge >= 0.3 is 0 Å². The van der Waals surface area contributed by atoms with E-state index in [4.69, 9.17) is 10.3 Å². The summed E-state index contributed by atoms with van der Waals surface area (Å²) in [6.07, 6.45) is 0.0971. The third-order valence-electron chi connectivity index (χ3n) is 1.68. The van der Waals surface area contributed by atoms with E-state index in [1.165, 1.54) is 0 Å². The van der Waals surface area contributed by atoms with Gasteiger partial charge < -0.3 is 10.3 Å². The second kappa shape index (κ2) is 4.56. The van der Waals surface area contributed by atoms with Gasteiger partial charge in [0, 0.05) is 6.66 Å². The van der Waals surface area contributed by atoms with Crippen LogP contribution < -0.4 is 5.73 Å². The van der Waals surface area contributed by atoms with Gasteiger partial charge in [0.15, 0.2) is 0 Å². The third-order valence-corrected chi connectivity index (χ3v) is 3.02. The first-order chi connectivity index (χ1) is 6.14. The minimum absolute atomic E-state index is 0.0971. The maximum Gasteiger partial charge on any atom is 0.213 e. The van der Waals surface area contributed by atoms with Gasteiger partial charge in [0.2, 0.25) is 7.37 Å². The smallest absolute Gasteiger partial charge is 0.213 e. The fourth-order valence-electron chi connectivity index (χ4n) is 0.838. The Morgan fingerprint density at radius 1 is 1.38 bits per heavy atom. The highest BCUT2D eigenvalue weighted by atomic mass is 31.2. The van der Waals surface area contributed by atoms with Gasteiger partial charge in [0.05, 0.1) is 12.9 Å². The highest BCUT2D eigenvalue weighted by Gasteiger charge is 2.12. The quantitative estimate of drug-likeness (QED) is 0.755. The second-order valence-corrected chi connectivity index (χ2v) is 5.61. The van der Waals surface area contributed by atoms with Crippen LogP contribution >= 0.6 is 7.37 Å². The fourth-order valence-corrected chi connectivity index (χ4v) is 1.37. The summed E-state index contributed by atoms with van der Waals surface area (Å²) in [5, 5.41) is 0. The topological polar surface area (TPSA) is 52.3 Å². The normalized spacial score (nSPS) is 15.2. The predicted molar refractivity (Wildman–Crippen MR) is 53.8 cm³/mol. The Morgan fingerprint density at radius 2 is 2.00 bits per heavy atom. The molecule has 0 bridgehead atoms. The van der Waals surface area contributed by atoms with Crippen molar-refractivity contribution in [2.75, 3.05) is 13.0 Å². The van der Waals surface area contributed by atoms with Gasteiger partial charge in [-0.1, -0.05) is 30.3 Å². The molecule has 1 unspecified atom stereocenters. The molecule has 13 heavy (non-hydrogen) atoms. The Balaban J connectivity index is 2.49. The molecule has 1 rings (SSSR count). The van der Waals surface area contributed by atoms with Crippen LogP contribution in [0.5, 0.6) is 0 Å². The van der Waals surface area contributed by atoms with Crippen LogP contribution in [0.25, 0.3) is 0 Å². The largest absolute Gasteiger partial charge is 0.323 e. The maximum atomic E-state index is 11.4. The molecule has 0 amide bonds. The molecule has 0 spiro atoms. The maximum absolute atomic E-state index is 11.4. The number of hydrogen-bond acceptors (Lipinski definition) is 3. The minimum Gasteiger partial charge on any atom is -0.323 e. The van der Waals surface area contributed by atoms with E-state index in [9.17, 15) is 4.57 Å². The van der Waals surface area contributed by atoms with Gasteiger partial charge in [-0.25, -0.2) is 0 Å². The highest BCUT2D eigenvalue weighted by Crippen LogP contribution is 2.40. The van der Waals surface area contributed by atoms with Crippen LogP contribution in [0, 0.1) is 0 Å². The zero-order valence-electron chi connectivity index (χ0n) is 7.64. The Kier molecular flexibility index (Phi) is 3.67. The molecule has 0 heterocycles. The number of hydrogen-bond donors (Lipinski definition) is 1. The monoisotopic (exact) mass is 199 g/mol. The van der Waals surface area contributed by atoms with Crippen LogP contribution in [0.4, 0.5) is 0 Å². The van der Waals surface area contributed by atoms with Crippen LogP contribution in [0.2, 0.25) is 0 Å². The lowest BCUT2D eigenvalue weighted by atomic mass is 10.2. The van der Waals surface area contributed by atoms with E-state index in [0.717, 1.165) is 5.56 Å². The Hall–Kier alpha value is -0.630. The van der Waals surface area contributed by atoms with Gasteiger partial charge in [-0.15, -0.1) is 0 Å². The van der Waals surface area contributed by atoms with Crippen molar-refractivity contribution in [2.45, 2.75) is 6.61 Å². The Bertz CT molecular complexity index is 300. The highest BCUT2D eigenvalue weighted by molar-refractivity contribution is 7.58. The molecule has 0 aliphatic heterocycles. The fraction of sp³-hybridized carbons (Fsp3) is 0.333. The zero-order chi connectivity index (χ0) is 9.73. The van der Waals surface area contributed by atoms with Crippen molar-refractivity contribution in [3.63, 3.8) is 0 Å². The van der Waals surface area contributed by atoms with E-state index in [0.29, 0.717) is 6.61 Å². The summed E-state index contributed by atoms with van der Waals surface area (Å²) in [5.74, 6) is 0. The van der Waals surface area contributed by atoms with Gasteiger partial charge in [-0.2, -0.15) is 0 Å². The summed E-state index contributed by atoms with van der Waals surface area (Å²) in [4.78, 5) is 0. The Labute approximate surface area is 78.4 Å². The summed E-state index contributed by atoms with van der Waals surface area (Å²) < 4.78 is 16.6. The molecule has 4 heteroatoms. The zero-order valence-corrected chi connectivity index (χ0v) is 8.54. The molecule has 3 nitrogen and oxygen atoms in total. The van der Waals surface area contributed by atoms with Crippen molar-refractivity contribution in [3.05, 3.63) is 35.9 Å². The average Bonchev–Trinajstić information content (AvgIpc) is 2.17. The molecule has 0 aliphatic rings. The van der Waals surface area contributed by atoms with E-state index in [1.807, 2.05) is 30.3 Å². The molecule has 0 fully saturated rings. The van der Waals surface area contributed by atoms with Crippen LogP contribution in [0.1, 0.15) is 5.56 Å². The van der Waals surface area contributed by atoms with Crippen molar-refractivity contribution >= 4 is 7.37 Å². The van der Waals surface area contributed by atoms with Gasteiger partial charge in [-0.3, -0.25) is 4.57 Å². The summed E-state index contributed by atoms with van der Waals surface area (Å²) in [5.41, 5.74) is 6.29. The molecule has 72 valence electrons. The van der Waals surface area contributed by atoms with Crippen LogP contribution in [0.15, 0.2) is 30.3 Å². The molecular weight excluding hydrogens is 185 g/mol. The van der Waals surface area contributed by atoms with E-state index < -0.39 is 7.37 Å². The van der Waals surface area contributed by atoms with E-state index in [-0.39, 0.29) is 6.29 Å². The van der Waals surface area contributed by atoms with Gasteiger partial charge in [0.25, 0.3) is 0 Å². The number of benzene rings is 1. The molecule has 0 saturated carbocycles. The van der Waals surface area contributed by atoms with Crippen LogP contribution in [-0.4, -0.2) is 13.0 Å². The molecule has 0 aliphatic carbocycles. The first-order valence-corrected chi connectivity index (χ1v) is 6.35. The van der Waals surface area contributed by atoms with E-state index in [1.54, 1.807) is 6.66 Å². The second-order valence-electron chi connectivity index (χ2n) is 2.96. The van der Waals surface area contributed by atoms with E-state index in [2.05, 4.69) is 0 Å². The van der Waals surface area contributed by atoms with Crippen molar-refractivity contribution in [1.29, 1.82) is 0 Å². The standard InChI is InChI=1S/C9H14NO2P/c1-13(11,8-10)12-7-9-5-3-2-4-6-9/h2-6H,7-8,10H2,1H3. The van der Waals surface area contributed by atoms with E-state index >= 15 is 0 Å². The van der Waals surface area contributed by atoms with Crippen molar-refractivity contribution in [3.8, 4) is 0 Å². The number of nitrogens with two attached hydrogens (primary N) is 1. The first-order valence-electron chi connectivity index (χ1n) is 4.09. The Morgan fingerprint density at radius 3 is 2.54 bits per heavy atom. The average molecular weight is 199 g/mol. The van der Waals surface area contributed by atoms with Crippen molar-refractivity contribution < 1.29 is 9.09 Å². The molecule has 0 radical (unpaired) electrons. The lowest BCUT2D eigenvalue weighted by Gasteiger charge is -2.10. The van der Waals surface area contributed by atoms with Crippen molar-refractivity contribution in [2.24, 2.45) is 5.73 Å². The summed E-state index contributed by atoms with van der Waals surface area (Å²) in [6, 6.07) is 9.62. The molecule has 1 aromatic carbocycles. The lowest BCUT2D eigenvalue weighted by molar-refractivity contribution is 0.306. The summed E-state index contributed by atoms with van der Waals surface area (Å²) in [7, 11) is -2.56. The molecule has 2 N–H and O–H groups in total.